The van der Waals surface area contributed by atoms with Crippen LogP contribution in [0.15, 0.2) is 24.3 Å². The maximum atomic E-state index is 13.0. The summed E-state index contributed by atoms with van der Waals surface area (Å²) in [5.74, 6) is -1.22. The van der Waals surface area contributed by atoms with Crippen LogP contribution in [0.5, 0.6) is 0 Å². The third-order valence-corrected chi connectivity index (χ3v) is 4.52. The molecule has 6 heteroatoms. The number of aromatic nitrogens is 2. The summed E-state index contributed by atoms with van der Waals surface area (Å²) in [6.45, 7) is 3.82. The normalized spacial score (nSPS) is 11.2. The fraction of sp³-hybridized carbons (Fsp3) is 0.200. The van der Waals surface area contributed by atoms with E-state index in [1.54, 1.807) is 12.1 Å². The molecule has 0 amide bonds. The summed E-state index contributed by atoms with van der Waals surface area (Å²) in [5, 5.41) is 9.25. The van der Waals surface area contributed by atoms with Gasteiger partial charge in [0, 0.05) is 17.0 Å². The van der Waals surface area contributed by atoms with Crippen molar-refractivity contribution < 1.29 is 14.3 Å². The lowest BCUT2D eigenvalue weighted by atomic mass is 10.1. The third-order valence-electron chi connectivity index (χ3n) is 3.45. The van der Waals surface area contributed by atoms with Gasteiger partial charge in [0.2, 0.25) is 0 Å². The van der Waals surface area contributed by atoms with Crippen molar-refractivity contribution in [3.8, 4) is 11.3 Å². The van der Waals surface area contributed by atoms with Crippen LogP contribution in [-0.2, 0) is 6.42 Å². The second kappa shape index (κ2) is 4.96. The first-order valence-corrected chi connectivity index (χ1v) is 7.34. The topological polar surface area (TPSA) is 54.6 Å². The Morgan fingerprint density at radius 1 is 1.38 bits per heavy atom. The number of aryl methyl sites for hydroxylation is 2. The number of nitrogens with zero attached hydrogens (tertiary/aromatic N) is 2. The van der Waals surface area contributed by atoms with E-state index in [1.165, 1.54) is 23.5 Å². The molecular weight excluding hydrogens is 291 g/mol. The van der Waals surface area contributed by atoms with Crippen LogP contribution in [-0.4, -0.2) is 20.5 Å². The molecule has 0 bridgehead atoms. The Bertz CT molecular complexity index is 834. The van der Waals surface area contributed by atoms with Crippen molar-refractivity contribution in [2.24, 2.45) is 0 Å². The number of thiazole rings is 1. The van der Waals surface area contributed by atoms with E-state index < -0.39 is 5.97 Å². The number of aromatic carboxylic acids is 1. The van der Waals surface area contributed by atoms with Crippen molar-refractivity contribution in [1.29, 1.82) is 0 Å². The van der Waals surface area contributed by atoms with E-state index in [9.17, 15) is 14.3 Å². The molecule has 108 valence electrons. The van der Waals surface area contributed by atoms with Crippen LogP contribution in [0.4, 0.5) is 4.39 Å². The zero-order chi connectivity index (χ0) is 15.1. The van der Waals surface area contributed by atoms with E-state index in [1.807, 2.05) is 18.2 Å². The maximum Gasteiger partial charge on any atom is 0.347 e. The first-order chi connectivity index (χ1) is 10.0. The zero-order valence-electron chi connectivity index (χ0n) is 11.6. The van der Waals surface area contributed by atoms with Gasteiger partial charge in [-0.2, -0.15) is 0 Å². The van der Waals surface area contributed by atoms with Crippen LogP contribution >= 0.6 is 11.3 Å². The van der Waals surface area contributed by atoms with Crippen molar-refractivity contribution in [3.63, 3.8) is 0 Å². The summed E-state index contributed by atoms with van der Waals surface area (Å²) in [7, 11) is 0. The van der Waals surface area contributed by atoms with Crippen LogP contribution in [0, 0.1) is 12.7 Å². The highest BCUT2D eigenvalue weighted by atomic mass is 32.1. The van der Waals surface area contributed by atoms with Gasteiger partial charge in [0.15, 0.2) is 4.96 Å². The Balaban J connectivity index is 2.24. The Hall–Kier alpha value is -2.21. The minimum Gasteiger partial charge on any atom is -0.477 e. The van der Waals surface area contributed by atoms with Gasteiger partial charge in [-0.05, 0) is 37.6 Å². The number of imidazole rings is 1. The Morgan fingerprint density at radius 3 is 2.62 bits per heavy atom. The van der Waals surface area contributed by atoms with Gasteiger partial charge < -0.3 is 5.11 Å². The van der Waals surface area contributed by atoms with E-state index in [4.69, 9.17) is 0 Å². The molecule has 0 saturated carbocycles. The van der Waals surface area contributed by atoms with E-state index in [-0.39, 0.29) is 5.82 Å². The highest BCUT2D eigenvalue weighted by molar-refractivity contribution is 7.19. The van der Waals surface area contributed by atoms with E-state index >= 15 is 0 Å². The molecule has 0 fully saturated rings. The second-order valence-electron chi connectivity index (χ2n) is 4.71. The smallest absolute Gasteiger partial charge is 0.347 e. The molecule has 0 unspecified atom stereocenters. The van der Waals surface area contributed by atoms with E-state index in [0.29, 0.717) is 16.3 Å². The minimum absolute atomic E-state index is 0.292. The fourth-order valence-corrected chi connectivity index (χ4v) is 3.58. The molecule has 0 aliphatic carbocycles. The van der Waals surface area contributed by atoms with Crippen LogP contribution in [0.2, 0.25) is 0 Å². The maximum absolute atomic E-state index is 13.0. The molecule has 4 nitrogen and oxygen atoms in total. The van der Waals surface area contributed by atoms with Crippen LogP contribution in [0.25, 0.3) is 16.2 Å². The molecule has 0 atom stereocenters. The molecule has 0 spiro atoms. The monoisotopic (exact) mass is 304 g/mol. The average Bonchev–Trinajstić information content (AvgIpc) is 2.97. The fourth-order valence-electron chi connectivity index (χ4n) is 2.48. The number of carbonyl (C=O) groups is 1. The predicted octanol–water partition coefficient (Wildman–Crippen LogP) is 3.77. The number of halogens is 1. The number of hydrogen-bond acceptors (Lipinski definition) is 3. The number of carboxylic acid groups (broad SMARTS) is 1. The zero-order valence-corrected chi connectivity index (χ0v) is 12.4. The Labute approximate surface area is 124 Å². The molecule has 2 heterocycles. The molecule has 0 aliphatic heterocycles. The summed E-state index contributed by atoms with van der Waals surface area (Å²) in [6, 6.07) is 6.15. The summed E-state index contributed by atoms with van der Waals surface area (Å²) < 4.78 is 14.9. The second-order valence-corrected chi connectivity index (χ2v) is 5.68. The minimum atomic E-state index is -0.926. The van der Waals surface area contributed by atoms with Gasteiger partial charge in [0.1, 0.15) is 10.7 Å². The summed E-state index contributed by atoms with van der Waals surface area (Å²) in [4.78, 5) is 16.8. The molecule has 0 aliphatic rings. The highest BCUT2D eigenvalue weighted by Gasteiger charge is 2.21. The molecule has 0 saturated heterocycles. The van der Waals surface area contributed by atoms with Gasteiger partial charge in [-0.25, -0.2) is 14.2 Å². The van der Waals surface area contributed by atoms with Gasteiger partial charge in [-0.3, -0.25) is 4.40 Å². The molecule has 0 radical (unpaired) electrons. The highest BCUT2D eigenvalue weighted by Crippen LogP contribution is 2.31. The molecule has 2 aromatic heterocycles. The van der Waals surface area contributed by atoms with Crippen LogP contribution in [0.1, 0.15) is 28.0 Å². The van der Waals surface area contributed by atoms with Crippen molar-refractivity contribution in [2.75, 3.05) is 0 Å². The number of benzene rings is 1. The SMILES string of the molecule is CCc1c(C(=O)O)sc2nc(-c3ccc(F)cc3)c(C)n12. The van der Waals surface area contributed by atoms with Gasteiger partial charge in [0.05, 0.1) is 5.69 Å². The molecule has 3 aromatic rings. The van der Waals surface area contributed by atoms with E-state index in [0.717, 1.165) is 22.6 Å². The third kappa shape index (κ3) is 2.12. The van der Waals surface area contributed by atoms with Crippen molar-refractivity contribution >= 4 is 22.3 Å². The Kier molecular flexibility index (Phi) is 3.25. The standard InChI is InChI=1S/C15H13FN2O2S/c1-3-11-13(14(19)20)21-15-17-12(8(2)18(11)15)9-4-6-10(16)7-5-9/h4-7H,3H2,1-2H3,(H,19,20). The largest absolute Gasteiger partial charge is 0.477 e. The Morgan fingerprint density at radius 2 is 2.05 bits per heavy atom. The van der Waals surface area contributed by atoms with Crippen molar-refractivity contribution in [2.45, 2.75) is 20.3 Å². The summed E-state index contributed by atoms with van der Waals surface area (Å²) in [6.07, 6.45) is 0.613. The molecule has 21 heavy (non-hydrogen) atoms. The van der Waals surface area contributed by atoms with Gasteiger partial charge in [0.25, 0.3) is 0 Å². The van der Waals surface area contributed by atoms with Crippen molar-refractivity contribution in [3.05, 3.63) is 46.3 Å². The van der Waals surface area contributed by atoms with Gasteiger partial charge in [-0.15, -0.1) is 0 Å². The molecule has 3 rings (SSSR count). The van der Waals surface area contributed by atoms with Crippen molar-refractivity contribution in [1.82, 2.24) is 9.38 Å². The first kappa shape index (κ1) is 13.8. The molecular formula is C15H13FN2O2S. The molecule has 1 N–H and O–H groups in total. The number of carboxylic acids is 1. The van der Waals surface area contributed by atoms with Gasteiger partial charge >= 0.3 is 5.97 Å². The summed E-state index contributed by atoms with van der Waals surface area (Å²) >= 11 is 1.17. The van der Waals surface area contributed by atoms with Gasteiger partial charge in [-0.1, -0.05) is 18.3 Å². The number of fused-ring (bicyclic) bond motifs is 1. The number of hydrogen-bond donors (Lipinski definition) is 1. The lowest BCUT2D eigenvalue weighted by molar-refractivity contribution is 0.0700. The molecule has 1 aromatic carbocycles. The lowest BCUT2D eigenvalue weighted by Gasteiger charge is -2.02. The van der Waals surface area contributed by atoms with Crippen LogP contribution < -0.4 is 0 Å². The van der Waals surface area contributed by atoms with E-state index in [2.05, 4.69) is 4.98 Å². The lowest BCUT2D eigenvalue weighted by Crippen LogP contribution is -2.01. The first-order valence-electron chi connectivity index (χ1n) is 6.53. The van der Waals surface area contributed by atoms with Crippen LogP contribution in [0.3, 0.4) is 0 Å². The quantitative estimate of drug-likeness (QED) is 0.801. The number of rotatable bonds is 3. The predicted molar refractivity (Wildman–Crippen MR) is 79.5 cm³/mol. The summed E-state index contributed by atoms with van der Waals surface area (Å²) in [5.41, 5.74) is 3.20. The average molecular weight is 304 g/mol.